The molecule has 0 aliphatic carbocycles. The number of halogens is 1. The molecule has 426 valence electrons. The Labute approximate surface area is 493 Å². The highest BCUT2D eigenvalue weighted by atomic mass is 79.9. The number of nitrogens with zero attached hydrogens (tertiary/aromatic N) is 3. The largest absolute Gasteiger partial charge is 0.469 e. The number of thiazole rings is 1. The smallest absolute Gasteiger partial charge is 0.358 e. The molecular formula is C67H71BrN4O9S. The van der Waals surface area contributed by atoms with E-state index in [2.05, 4.69) is 37.2 Å². The molecule has 1 aliphatic rings. The van der Waals surface area contributed by atoms with Gasteiger partial charge in [-0.1, -0.05) is 94.0 Å². The third-order valence-corrected chi connectivity index (χ3v) is 16.3. The minimum Gasteiger partial charge on any atom is -0.469 e. The molecule has 3 heterocycles. The maximum atomic E-state index is 13.9. The van der Waals surface area contributed by atoms with Crippen molar-refractivity contribution in [2.45, 2.75) is 107 Å². The maximum Gasteiger partial charge on any atom is 0.358 e. The number of esters is 3. The highest BCUT2D eigenvalue weighted by Gasteiger charge is 2.31. The highest BCUT2D eigenvalue weighted by molar-refractivity contribution is 9.10. The van der Waals surface area contributed by atoms with Gasteiger partial charge >= 0.3 is 17.9 Å². The minimum atomic E-state index is -0.747. The summed E-state index contributed by atoms with van der Waals surface area (Å²) >= 11 is 4.95. The Morgan fingerprint density at radius 3 is 1.79 bits per heavy atom. The van der Waals surface area contributed by atoms with Gasteiger partial charge in [0.2, 0.25) is 0 Å². The van der Waals surface area contributed by atoms with Gasteiger partial charge in [0.1, 0.15) is 34.4 Å². The number of benzene rings is 6. The molecule has 0 saturated carbocycles. The van der Waals surface area contributed by atoms with Crippen molar-refractivity contribution in [1.82, 2.24) is 9.97 Å². The molecule has 9 rings (SSSR count). The van der Waals surface area contributed by atoms with Crippen LogP contribution in [-0.4, -0.2) is 60.1 Å². The lowest BCUT2D eigenvalue weighted by Gasteiger charge is -2.31. The number of rotatable bonds is 17. The second-order valence-corrected chi connectivity index (χ2v) is 24.5. The zero-order chi connectivity index (χ0) is 58.9. The van der Waals surface area contributed by atoms with E-state index >= 15 is 0 Å². The van der Waals surface area contributed by atoms with Gasteiger partial charge in [-0.25, -0.2) is 14.8 Å². The number of ether oxygens (including phenoxy) is 5. The van der Waals surface area contributed by atoms with Crippen molar-refractivity contribution < 1.29 is 42.9 Å². The fourth-order valence-corrected chi connectivity index (χ4v) is 10.7. The number of methoxy groups -OCH3 is 2. The van der Waals surface area contributed by atoms with Gasteiger partial charge in [-0.2, -0.15) is 0 Å². The van der Waals surface area contributed by atoms with E-state index in [1.54, 1.807) is 0 Å². The lowest BCUT2D eigenvalue weighted by molar-refractivity contribution is -0.151. The van der Waals surface area contributed by atoms with Crippen LogP contribution in [0.4, 0.5) is 10.9 Å². The van der Waals surface area contributed by atoms with Gasteiger partial charge in [0.15, 0.2) is 10.8 Å². The molecule has 1 N–H and O–H groups in total. The number of anilines is 2. The van der Waals surface area contributed by atoms with E-state index in [4.69, 9.17) is 28.7 Å². The number of para-hydroxylation sites is 1. The van der Waals surface area contributed by atoms with Gasteiger partial charge in [-0.15, -0.1) is 0 Å². The summed E-state index contributed by atoms with van der Waals surface area (Å²) in [4.78, 5) is 63.2. The summed E-state index contributed by atoms with van der Waals surface area (Å²) in [5.74, 6) is 2.40. The van der Waals surface area contributed by atoms with Crippen molar-refractivity contribution in [1.29, 1.82) is 0 Å². The summed E-state index contributed by atoms with van der Waals surface area (Å²) in [5, 5.41) is 3.56. The van der Waals surface area contributed by atoms with E-state index in [1.165, 1.54) is 31.1 Å². The zero-order valence-corrected chi connectivity index (χ0v) is 50.9. The molecule has 1 amide bonds. The van der Waals surface area contributed by atoms with Gasteiger partial charge in [0.25, 0.3) is 5.91 Å². The van der Waals surface area contributed by atoms with Gasteiger partial charge in [0.05, 0.1) is 35.3 Å². The van der Waals surface area contributed by atoms with Gasteiger partial charge in [0, 0.05) is 34.3 Å². The fourth-order valence-electron chi connectivity index (χ4n) is 9.49. The van der Waals surface area contributed by atoms with Crippen LogP contribution in [0.3, 0.4) is 0 Å². The van der Waals surface area contributed by atoms with Crippen LogP contribution in [0.25, 0.3) is 21.3 Å². The van der Waals surface area contributed by atoms with Crippen molar-refractivity contribution in [2.75, 3.05) is 31.0 Å². The van der Waals surface area contributed by atoms with Crippen molar-refractivity contribution in [3.05, 3.63) is 189 Å². The lowest BCUT2D eigenvalue weighted by Crippen LogP contribution is -2.33. The van der Waals surface area contributed by atoms with Crippen LogP contribution in [0.2, 0.25) is 0 Å². The molecule has 82 heavy (non-hydrogen) atoms. The molecule has 1 aliphatic heterocycles. The normalized spacial score (nSPS) is 12.4. The Bertz CT molecular complexity index is 3570. The molecule has 0 saturated heterocycles. The SMILES string of the molecule is COC(=O)C(C)(C)CCc1ccc(Oc2cccc(-c3ccc(N4CCc5cccc(C(=O)Nc6nc7ccccc7s6)c5C4)nc3C(=O)OC(C)(C)C)c2C)cc1.COC(=O)C(C)(C)CCc1ccc(Oc2cccc(Br)c2C)cc1. The molecule has 0 spiro atoms. The first kappa shape index (κ1) is 60.2. The molecule has 8 aromatic rings. The van der Waals surface area contributed by atoms with Gasteiger partial charge < -0.3 is 28.6 Å². The molecule has 0 bridgehead atoms. The molecule has 13 nitrogen and oxygen atoms in total. The maximum absolute atomic E-state index is 13.9. The number of carbonyl (C=O) groups excluding carboxylic acids is 4. The molecule has 15 heteroatoms. The second-order valence-electron chi connectivity index (χ2n) is 22.7. The number of hydrogen-bond donors (Lipinski definition) is 1. The van der Waals surface area contributed by atoms with Crippen LogP contribution in [0.1, 0.15) is 116 Å². The molecule has 0 fully saturated rings. The first-order valence-electron chi connectivity index (χ1n) is 27.3. The van der Waals surface area contributed by atoms with E-state index in [9.17, 15) is 19.2 Å². The van der Waals surface area contributed by atoms with Crippen molar-refractivity contribution >= 4 is 72.2 Å². The number of aromatic nitrogens is 2. The fraction of sp³-hybridized carbons (Fsp3) is 0.313. The third-order valence-electron chi connectivity index (χ3n) is 14.5. The van der Waals surface area contributed by atoms with E-state index < -0.39 is 22.4 Å². The van der Waals surface area contributed by atoms with E-state index in [0.29, 0.717) is 59.5 Å². The molecule has 0 unspecified atom stereocenters. The van der Waals surface area contributed by atoms with Crippen LogP contribution in [0.5, 0.6) is 23.0 Å². The Hall–Kier alpha value is -7.88. The minimum absolute atomic E-state index is 0.174. The van der Waals surface area contributed by atoms with Crippen LogP contribution < -0.4 is 19.7 Å². The molecule has 6 aromatic carbocycles. The summed E-state index contributed by atoms with van der Waals surface area (Å²) in [6, 6.07) is 44.9. The second kappa shape index (κ2) is 25.9. The molecule has 0 atom stereocenters. The summed E-state index contributed by atoms with van der Waals surface area (Å²) in [5.41, 5.74) is 7.40. The number of hydrogen-bond acceptors (Lipinski definition) is 13. The number of pyridine rings is 1. The zero-order valence-electron chi connectivity index (χ0n) is 48.5. The standard InChI is InChI=1S/C47H48N4O6S.C20H23BrO3/c1-29-33(13-11-16-38(29)56-32-20-18-30(19-21-32)24-26-47(5,6)44(54)55-7)34-22-23-40(49-41(34)43(53)57-46(2,3)4)51-27-25-31-12-10-14-35(36(31)28-51)42(52)50-45-48-37-15-8-9-17-39(37)58-45;1-14-17(21)6-5-7-18(14)24-16-10-8-15(9-11-16)12-13-20(2,3)19(22)23-4/h8-23H,24-28H2,1-7H3,(H,48,50,52);5-11H,12-13H2,1-4H3. The number of nitrogens with one attached hydrogen (secondary N) is 1. The lowest BCUT2D eigenvalue weighted by atomic mass is 9.86. The Kier molecular flexibility index (Phi) is 19.0. The number of aryl methyl sites for hydroxylation is 2. The van der Waals surface area contributed by atoms with E-state index in [1.807, 2.05) is 196 Å². The molecule has 2 aromatic heterocycles. The van der Waals surface area contributed by atoms with Crippen molar-refractivity contribution in [3.63, 3.8) is 0 Å². The monoisotopic (exact) mass is 1190 g/mol. The van der Waals surface area contributed by atoms with E-state index in [0.717, 1.165) is 78.8 Å². The summed E-state index contributed by atoms with van der Waals surface area (Å²) in [6.07, 6.45) is 3.64. The summed E-state index contributed by atoms with van der Waals surface area (Å²) < 4.78 is 30.1. The predicted molar refractivity (Wildman–Crippen MR) is 328 cm³/mol. The Morgan fingerprint density at radius 2 is 1.21 bits per heavy atom. The predicted octanol–water partition coefficient (Wildman–Crippen LogP) is 16.0. The number of carbonyl (C=O) groups is 4. The van der Waals surface area contributed by atoms with E-state index in [-0.39, 0.29) is 23.5 Å². The highest BCUT2D eigenvalue weighted by Crippen LogP contribution is 2.38. The van der Waals surface area contributed by atoms with Crippen molar-refractivity contribution in [2.24, 2.45) is 10.8 Å². The van der Waals surface area contributed by atoms with Crippen molar-refractivity contribution in [3.8, 4) is 34.1 Å². The summed E-state index contributed by atoms with van der Waals surface area (Å²) in [6.45, 7) is 18.2. The molecule has 0 radical (unpaired) electrons. The average molecular weight is 1190 g/mol. The Morgan fingerprint density at radius 1 is 0.634 bits per heavy atom. The van der Waals surface area contributed by atoms with Gasteiger partial charge in [-0.05, 0) is 201 Å². The van der Waals surface area contributed by atoms with Crippen LogP contribution >= 0.6 is 27.3 Å². The first-order chi connectivity index (χ1) is 39.0. The first-order valence-corrected chi connectivity index (χ1v) is 29.0. The summed E-state index contributed by atoms with van der Waals surface area (Å²) in [7, 11) is 2.85. The topological polar surface area (TPSA) is 155 Å². The van der Waals surface area contributed by atoms with Crippen LogP contribution in [0, 0.1) is 24.7 Å². The third kappa shape index (κ3) is 15.0. The molecular weight excluding hydrogens is 1120 g/mol. The van der Waals surface area contributed by atoms with Crippen LogP contribution in [-0.2, 0) is 49.6 Å². The quantitative estimate of drug-likeness (QED) is 0.0681. The number of fused-ring (bicyclic) bond motifs is 2. The Balaban J connectivity index is 0.000000306. The van der Waals surface area contributed by atoms with Crippen LogP contribution in [0.15, 0.2) is 144 Å². The average Bonchev–Trinajstić information content (AvgIpc) is 4.04. The van der Waals surface area contributed by atoms with Gasteiger partial charge in [-0.3, -0.25) is 19.7 Å². The number of amides is 1.